The first-order chi connectivity index (χ1) is 7.16. The fourth-order valence-corrected chi connectivity index (χ4v) is 2.11. The zero-order chi connectivity index (χ0) is 10.8. The van der Waals surface area contributed by atoms with Gasteiger partial charge in [-0.25, -0.2) is 0 Å². The van der Waals surface area contributed by atoms with Gasteiger partial charge in [-0.15, -0.1) is 11.3 Å². The highest BCUT2D eigenvalue weighted by molar-refractivity contribution is 7.71. The first-order valence-electron chi connectivity index (χ1n) is 4.41. The van der Waals surface area contributed by atoms with Crippen molar-refractivity contribution in [3.63, 3.8) is 0 Å². The molecule has 0 aliphatic rings. The first-order valence-corrected chi connectivity index (χ1v) is 5.64. The van der Waals surface area contributed by atoms with Gasteiger partial charge in [0.25, 0.3) is 0 Å². The molecule has 0 radical (unpaired) electrons. The van der Waals surface area contributed by atoms with Gasteiger partial charge < -0.3 is 0 Å². The van der Waals surface area contributed by atoms with Crippen LogP contribution in [0.1, 0.15) is 15.6 Å². The molecular formula is C9H10N4S2. The van der Waals surface area contributed by atoms with Crippen LogP contribution in [0.4, 0.5) is 0 Å². The molecule has 0 spiro atoms. The van der Waals surface area contributed by atoms with Crippen molar-refractivity contribution in [2.24, 2.45) is 5.10 Å². The number of hydrogen-bond acceptors (Lipinski definition) is 4. The molecule has 0 aliphatic carbocycles. The van der Waals surface area contributed by atoms with E-state index in [0.29, 0.717) is 4.77 Å². The summed E-state index contributed by atoms with van der Waals surface area (Å²) in [6.07, 6.45) is 1.79. The molecule has 0 unspecified atom stereocenters. The average molecular weight is 238 g/mol. The monoisotopic (exact) mass is 238 g/mol. The molecule has 0 amide bonds. The molecule has 2 aromatic rings. The molecule has 2 aromatic heterocycles. The van der Waals surface area contributed by atoms with Gasteiger partial charge in [0, 0.05) is 9.75 Å². The maximum atomic E-state index is 5.03. The number of nitrogens with zero attached hydrogens (tertiary/aromatic N) is 3. The highest BCUT2D eigenvalue weighted by Crippen LogP contribution is 2.12. The largest absolute Gasteiger partial charge is 0.250 e. The molecule has 15 heavy (non-hydrogen) atoms. The van der Waals surface area contributed by atoms with Crippen molar-refractivity contribution >= 4 is 29.8 Å². The van der Waals surface area contributed by atoms with E-state index in [1.165, 1.54) is 4.88 Å². The molecule has 78 valence electrons. The van der Waals surface area contributed by atoms with Crippen LogP contribution in [-0.2, 0) is 0 Å². The summed E-state index contributed by atoms with van der Waals surface area (Å²) in [6, 6.07) is 4.09. The second-order valence-corrected chi connectivity index (χ2v) is 4.79. The summed E-state index contributed by atoms with van der Waals surface area (Å²) in [5.74, 6) is 0.754. The normalized spacial score (nSPS) is 11.3. The zero-order valence-electron chi connectivity index (χ0n) is 8.39. The Hall–Kier alpha value is -1.27. The van der Waals surface area contributed by atoms with Crippen molar-refractivity contribution in [3.05, 3.63) is 32.5 Å². The van der Waals surface area contributed by atoms with E-state index in [1.54, 1.807) is 22.2 Å². The number of aromatic amines is 1. The van der Waals surface area contributed by atoms with Gasteiger partial charge in [0.15, 0.2) is 0 Å². The molecule has 0 atom stereocenters. The molecule has 0 fully saturated rings. The fraction of sp³-hybridized carbons (Fsp3) is 0.222. The van der Waals surface area contributed by atoms with Crippen LogP contribution >= 0.6 is 23.6 Å². The standard InChI is InChI=1S/C9H10N4S2/c1-6-3-4-8(15-6)5-10-13-7(2)11-12-9(13)14/h3-5H,1-2H3,(H,12,14)/b10-5-. The van der Waals surface area contributed by atoms with E-state index in [1.807, 2.05) is 13.0 Å². The average Bonchev–Trinajstić information content (AvgIpc) is 2.73. The minimum Gasteiger partial charge on any atom is -0.250 e. The number of hydrogen-bond donors (Lipinski definition) is 1. The number of H-pyrrole nitrogens is 1. The molecule has 0 saturated heterocycles. The third-order valence-electron chi connectivity index (χ3n) is 1.87. The summed E-state index contributed by atoms with van der Waals surface area (Å²) in [7, 11) is 0. The molecule has 6 heteroatoms. The van der Waals surface area contributed by atoms with Crippen LogP contribution < -0.4 is 0 Å². The van der Waals surface area contributed by atoms with Crippen LogP contribution in [0.15, 0.2) is 17.2 Å². The summed E-state index contributed by atoms with van der Waals surface area (Å²) in [6.45, 7) is 3.92. The van der Waals surface area contributed by atoms with Gasteiger partial charge in [0.05, 0.1) is 6.21 Å². The van der Waals surface area contributed by atoms with E-state index in [-0.39, 0.29) is 0 Å². The van der Waals surface area contributed by atoms with Gasteiger partial charge in [-0.3, -0.25) is 5.10 Å². The zero-order valence-corrected chi connectivity index (χ0v) is 10.0. The highest BCUT2D eigenvalue weighted by atomic mass is 32.1. The van der Waals surface area contributed by atoms with Crippen molar-refractivity contribution in [2.75, 3.05) is 0 Å². The van der Waals surface area contributed by atoms with Gasteiger partial charge in [0.2, 0.25) is 4.77 Å². The number of aromatic nitrogens is 3. The van der Waals surface area contributed by atoms with Crippen LogP contribution in [0.2, 0.25) is 0 Å². The minimum absolute atomic E-state index is 0.511. The lowest BCUT2D eigenvalue weighted by atomic mass is 10.4. The molecule has 2 heterocycles. The quantitative estimate of drug-likeness (QED) is 0.645. The summed E-state index contributed by atoms with van der Waals surface area (Å²) in [4.78, 5) is 2.37. The van der Waals surface area contributed by atoms with Crippen molar-refractivity contribution in [3.8, 4) is 0 Å². The van der Waals surface area contributed by atoms with E-state index >= 15 is 0 Å². The molecule has 1 N–H and O–H groups in total. The Bertz CT molecular complexity index is 546. The predicted molar refractivity (Wildman–Crippen MR) is 64.2 cm³/mol. The van der Waals surface area contributed by atoms with Crippen molar-refractivity contribution in [1.82, 2.24) is 14.9 Å². The van der Waals surface area contributed by atoms with Crippen LogP contribution in [0.25, 0.3) is 0 Å². The third-order valence-corrected chi connectivity index (χ3v) is 3.07. The van der Waals surface area contributed by atoms with Crippen molar-refractivity contribution in [1.29, 1.82) is 0 Å². The lowest BCUT2D eigenvalue weighted by Crippen LogP contribution is -1.92. The highest BCUT2D eigenvalue weighted by Gasteiger charge is 1.97. The Kier molecular flexibility index (Phi) is 2.79. The predicted octanol–water partition coefficient (Wildman–Crippen LogP) is 2.50. The van der Waals surface area contributed by atoms with Crippen molar-refractivity contribution in [2.45, 2.75) is 13.8 Å². The maximum absolute atomic E-state index is 5.03. The second kappa shape index (κ2) is 4.08. The van der Waals surface area contributed by atoms with Gasteiger partial charge in [0.1, 0.15) is 5.82 Å². The third kappa shape index (κ3) is 2.21. The smallest absolute Gasteiger partial charge is 0.216 e. The summed E-state index contributed by atoms with van der Waals surface area (Å²) in [5, 5.41) is 10.9. The van der Waals surface area contributed by atoms with Crippen LogP contribution in [0, 0.1) is 18.6 Å². The van der Waals surface area contributed by atoms with E-state index in [2.05, 4.69) is 28.3 Å². The number of rotatable bonds is 2. The van der Waals surface area contributed by atoms with E-state index in [0.717, 1.165) is 10.7 Å². The molecule has 0 aliphatic heterocycles. The SMILES string of the molecule is Cc1ccc(/C=N\n2c(C)n[nH]c2=S)s1. The van der Waals surface area contributed by atoms with Crippen LogP contribution in [0.5, 0.6) is 0 Å². The van der Waals surface area contributed by atoms with Gasteiger partial charge >= 0.3 is 0 Å². The topological polar surface area (TPSA) is 46.0 Å². The van der Waals surface area contributed by atoms with E-state index in [4.69, 9.17) is 12.2 Å². The Labute approximate surface area is 96.3 Å². The molecule has 0 saturated carbocycles. The molecular weight excluding hydrogens is 228 g/mol. The fourth-order valence-electron chi connectivity index (χ4n) is 1.14. The van der Waals surface area contributed by atoms with Gasteiger partial charge in [-0.05, 0) is 38.2 Å². The molecule has 0 aromatic carbocycles. The summed E-state index contributed by atoms with van der Waals surface area (Å²) in [5.41, 5.74) is 0. The minimum atomic E-state index is 0.511. The van der Waals surface area contributed by atoms with Crippen LogP contribution in [-0.4, -0.2) is 21.1 Å². The van der Waals surface area contributed by atoms with Crippen LogP contribution in [0.3, 0.4) is 0 Å². The summed E-state index contributed by atoms with van der Waals surface area (Å²) < 4.78 is 2.11. The Morgan fingerprint density at radius 2 is 2.33 bits per heavy atom. The van der Waals surface area contributed by atoms with E-state index in [9.17, 15) is 0 Å². The number of thiophene rings is 1. The lowest BCUT2D eigenvalue weighted by Gasteiger charge is -1.91. The lowest BCUT2D eigenvalue weighted by molar-refractivity contribution is 0.821. The Morgan fingerprint density at radius 3 is 2.87 bits per heavy atom. The number of aryl methyl sites for hydroxylation is 2. The Balaban J connectivity index is 2.29. The van der Waals surface area contributed by atoms with Gasteiger partial charge in [-0.2, -0.15) is 14.9 Å². The Morgan fingerprint density at radius 1 is 1.53 bits per heavy atom. The first kappa shape index (κ1) is 10.3. The molecule has 2 rings (SSSR count). The van der Waals surface area contributed by atoms with Crippen molar-refractivity contribution < 1.29 is 0 Å². The van der Waals surface area contributed by atoms with Gasteiger partial charge in [-0.1, -0.05) is 0 Å². The molecule has 4 nitrogen and oxygen atoms in total. The second-order valence-electron chi connectivity index (χ2n) is 3.08. The molecule has 0 bridgehead atoms. The summed E-state index contributed by atoms with van der Waals surface area (Å²) >= 11 is 6.72. The van der Waals surface area contributed by atoms with E-state index < -0.39 is 0 Å². The number of nitrogens with one attached hydrogen (secondary N) is 1. The maximum Gasteiger partial charge on any atom is 0.216 e.